The minimum atomic E-state index is 1.12. The highest BCUT2D eigenvalue weighted by Crippen LogP contribution is 2.43. The topological polar surface area (TPSA) is 0 Å². The summed E-state index contributed by atoms with van der Waals surface area (Å²) in [7, 11) is 0. The van der Waals surface area contributed by atoms with E-state index < -0.39 is 0 Å². The van der Waals surface area contributed by atoms with Crippen molar-refractivity contribution in [3.63, 3.8) is 0 Å². The maximum Gasteiger partial charge on any atom is 0.0393 e. The molecule has 0 fully saturated rings. The van der Waals surface area contributed by atoms with Gasteiger partial charge in [0.1, 0.15) is 0 Å². The van der Waals surface area contributed by atoms with Crippen molar-refractivity contribution in [2.45, 2.75) is 9.79 Å². The Morgan fingerprint density at radius 3 is 1.26 bits per heavy atom. The second-order valence-electron chi connectivity index (χ2n) is 6.07. The van der Waals surface area contributed by atoms with Crippen LogP contribution in [0.4, 0.5) is 0 Å². The summed E-state index contributed by atoms with van der Waals surface area (Å²) in [6, 6.07) is 33.8. The lowest BCUT2D eigenvalue weighted by Gasteiger charge is -2.13. The zero-order valence-electron chi connectivity index (χ0n) is 14.4. The van der Waals surface area contributed by atoms with E-state index in [1.807, 2.05) is 12.1 Å². The van der Waals surface area contributed by atoms with Crippen LogP contribution < -0.4 is 0 Å². The Morgan fingerprint density at radius 2 is 0.852 bits per heavy atom. The second-order valence-corrected chi connectivity index (χ2v) is 8.74. The minimum Gasteiger partial charge on any atom is -0.0877 e. The van der Waals surface area contributed by atoms with Gasteiger partial charge in [-0.15, -0.1) is 0 Å². The summed E-state index contributed by atoms with van der Waals surface area (Å²) in [6.45, 7) is 0. The van der Waals surface area contributed by atoms with Crippen LogP contribution in [0.2, 0.25) is 0 Å². The summed E-state index contributed by atoms with van der Waals surface area (Å²) < 4.78 is 2.25. The molecule has 132 valence electrons. The summed E-state index contributed by atoms with van der Waals surface area (Å²) in [6.07, 6.45) is 0. The van der Waals surface area contributed by atoms with E-state index >= 15 is 0 Å². The molecule has 27 heavy (non-hydrogen) atoms. The standard InChI is InChI=1S/C24H16Br2S/c25-23-19(17-9-3-1-4-10-17)13-7-15-21(23)27-22-16-8-14-20(24(22)26)18-11-5-2-6-12-18/h1-16H. The van der Waals surface area contributed by atoms with Gasteiger partial charge >= 0.3 is 0 Å². The van der Waals surface area contributed by atoms with Gasteiger partial charge in [-0.2, -0.15) is 0 Å². The van der Waals surface area contributed by atoms with Crippen molar-refractivity contribution in [1.82, 2.24) is 0 Å². The summed E-state index contributed by atoms with van der Waals surface area (Å²) in [5.74, 6) is 0. The molecule has 0 bridgehead atoms. The summed E-state index contributed by atoms with van der Waals surface area (Å²) in [5, 5.41) is 0. The fourth-order valence-electron chi connectivity index (χ4n) is 2.98. The van der Waals surface area contributed by atoms with Gasteiger partial charge in [-0.25, -0.2) is 0 Å². The van der Waals surface area contributed by atoms with Crippen LogP contribution in [0.3, 0.4) is 0 Å². The highest BCUT2D eigenvalue weighted by Gasteiger charge is 2.13. The van der Waals surface area contributed by atoms with Gasteiger partial charge in [0.2, 0.25) is 0 Å². The van der Waals surface area contributed by atoms with Crippen molar-refractivity contribution >= 4 is 43.6 Å². The third-order valence-corrected chi connectivity index (χ3v) is 7.67. The monoisotopic (exact) mass is 494 g/mol. The molecule has 0 saturated carbocycles. The molecule has 4 rings (SSSR count). The first-order valence-corrected chi connectivity index (χ1v) is 11.0. The average Bonchev–Trinajstić information content (AvgIpc) is 2.72. The van der Waals surface area contributed by atoms with E-state index in [1.54, 1.807) is 11.8 Å². The molecule has 0 unspecified atom stereocenters. The Hall–Kier alpha value is -1.81. The summed E-state index contributed by atoms with van der Waals surface area (Å²) in [4.78, 5) is 2.39. The Bertz CT molecular complexity index is 973. The molecule has 0 amide bonds. The fourth-order valence-corrected chi connectivity index (χ4v) is 5.38. The molecule has 0 radical (unpaired) electrons. The summed E-state index contributed by atoms with van der Waals surface area (Å²) in [5.41, 5.74) is 4.83. The SMILES string of the molecule is Brc1c(Sc2cccc(-c3ccccc3)c2Br)cccc1-c1ccccc1. The lowest BCUT2D eigenvalue weighted by Crippen LogP contribution is -1.85. The maximum atomic E-state index is 3.83. The van der Waals surface area contributed by atoms with Crippen LogP contribution >= 0.6 is 43.6 Å². The van der Waals surface area contributed by atoms with Gasteiger partial charge in [0, 0.05) is 18.7 Å². The number of halogens is 2. The van der Waals surface area contributed by atoms with Crippen LogP contribution in [-0.4, -0.2) is 0 Å². The van der Waals surface area contributed by atoms with Crippen LogP contribution in [0.15, 0.2) is 116 Å². The smallest absolute Gasteiger partial charge is 0.0393 e. The second kappa shape index (κ2) is 8.47. The maximum absolute atomic E-state index is 3.83. The summed E-state index contributed by atoms with van der Waals surface area (Å²) >= 11 is 9.42. The zero-order valence-corrected chi connectivity index (χ0v) is 18.4. The Labute approximate surface area is 180 Å². The molecule has 0 atom stereocenters. The number of hydrogen-bond acceptors (Lipinski definition) is 1. The molecule has 0 heterocycles. The molecule has 0 aromatic heterocycles. The van der Waals surface area contributed by atoms with Crippen LogP contribution in [0.1, 0.15) is 0 Å². The van der Waals surface area contributed by atoms with Gasteiger partial charge in [-0.1, -0.05) is 96.7 Å². The highest BCUT2D eigenvalue weighted by molar-refractivity contribution is 9.11. The van der Waals surface area contributed by atoms with Gasteiger partial charge in [0.15, 0.2) is 0 Å². The average molecular weight is 496 g/mol. The Morgan fingerprint density at radius 1 is 0.444 bits per heavy atom. The van der Waals surface area contributed by atoms with Crippen molar-refractivity contribution in [2.24, 2.45) is 0 Å². The number of benzene rings is 4. The van der Waals surface area contributed by atoms with Crippen LogP contribution in [0, 0.1) is 0 Å². The minimum absolute atomic E-state index is 1.12. The van der Waals surface area contributed by atoms with Crippen molar-refractivity contribution < 1.29 is 0 Å². The van der Waals surface area contributed by atoms with E-state index in [0.717, 1.165) is 8.95 Å². The van der Waals surface area contributed by atoms with E-state index in [2.05, 4.69) is 117 Å². The molecule has 4 aromatic carbocycles. The van der Waals surface area contributed by atoms with Crippen LogP contribution in [0.25, 0.3) is 22.3 Å². The molecular weight excluding hydrogens is 480 g/mol. The van der Waals surface area contributed by atoms with Crippen molar-refractivity contribution in [2.75, 3.05) is 0 Å². The van der Waals surface area contributed by atoms with Gasteiger partial charge in [0.05, 0.1) is 0 Å². The first-order valence-electron chi connectivity index (χ1n) is 8.60. The lowest BCUT2D eigenvalue weighted by atomic mass is 10.1. The Balaban J connectivity index is 1.72. The predicted molar refractivity (Wildman–Crippen MR) is 123 cm³/mol. The van der Waals surface area contributed by atoms with Gasteiger partial charge in [-0.3, -0.25) is 0 Å². The van der Waals surface area contributed by atoms with Crippen LogP contribution in [0.5, 0.6) is 0 Å². The fraction of sp³-hybridized carbons (Fsp3) is 0. The molecular formula is C24H16Br2S. The first-order chi connectivity index (χ1) is 13.2. The van der Waals surface area contributed by atoms with E-state index in [-0.39, 0.29) is 0 Å². The molecule has 4 aromatic rings. The van der Waals surface area contributed by atoms with E-state index in [0.29, 0.717) is 0 Å². The van der Waals surface area contributed by atoms with E-state index in [9.17, 15) is 0 Å². The predicted octanol–water partition coefficient (Wildman–Crippen LogP) is 8.70. The lowest BCUT2D eigenvalue weighted by molar-refractivity contribution is 1.35. The largest absolute Gasteiger partial charge is 0.0877 e. The molecule has 3 heteroatoms. The third kappa shape index (κ3) is 4.06. The van der Waals surface area contributed by atoms with Crippen LogP contribution in [-0.2, 0) is 0 Å². The van der Waals surface area contributed by atoms with Gasteiger partial charge in [0.25, 0.3) is 0 Å². The molecule has 0 saturated heterocycles. The highest BCUT2D eigenvalue weighted by atomic mass is 79.9. The molecule has 0 nitrogen and oxygen atoms in total. The quantitative estimate of drug-likeness (QED) is 0.272. The zero-order chi connectivity index (χ0) is 18.6. The molecule has 0 aliphatic carbocycles. The molecule has 0 aliphatic rings. The van der Waals surface area contributed by atoms with Gasteiger partial charge in [-0.05, 0) is 66.2 Å². The molecule has 0 spiro atoms. The molecule has 0 N–H and O–H groups in total. The molecule has 0 aliphatic heterocycles. The normalized spacial score (nSPS) is 10.7. The van der Waals surface area contributed by atoms with E-state index in [4.69, 9.17) is 0 Å². The van der Waals surface area contributed by atoms with E-state index in [1.165, 1.54) is 32.0 Å². The number of hydrogen-bond donors (Lipinski definition) is 0. The van der Waals surface area contributed by atoms with Gasteiger partial charge < -0.3 is 0 Å². The Kier molecular flexibility index (Phi) is 5.82. The van der Waals surface area contributed by atoms with Crippen molar-refractivity contribution in [3.8, 4) is 22.3 Å². The number of rotatable bonds is 4. The van der Waals surface area contributed by atoms with Crippen molar-refractivity contribution in [3.05, 3.63) is 106 Å². The first kappa shape index (κ1) is 18.5. The van der Waals surface area contributed by atoms with Crippen molar-refractivity contribution in [1.29, 1.82) is 0 Å². The third-order valence-electron chi connectivity index (χ3n) is 4.32.